The van der Waals surface area contributed by atoms with Crippen LogP contribution in [0, 0.1) is 11.3 Å². The van der Waals surface area contributed by atoms with E-state index in [0.717, 1.165) is 28.6 Å². The van der Waals surface area contributed by atoms with Gasteiger partial charge in [0.15, 0.2) is 0 Å². The number of ether oxygens (including phenoxy) is 1. The third-order valence-electron chi connectivity index (χ3n) is 4.62. The number of rotatable bonds is 7. The zero-order valence-corrected chi connectivity index (χ0v) is 17.8. The molecular formula is C22H20ClN3O3S. The molecule has 0 bridgehead atoms. The van der Waals surface area contributed by atoms with E-state index < -0.39 is 0 Å². The number of amides is 2. The van der Waals surface area contributed by atoms with Crippen molar-refractivity contribution in [1.82, 2.24) is 10.6 Å². The largest absolute Gasteiger partial charge is 0.497 e. The molecule has 6 nitrogen and oxygen atoms in total. The standard InChI is InChI=1S/C22H20ClN3O3S/c1-29-17-8-2-14(3-9-17)12-25-21(28)13-30-22-19(11-24)18(10-20(27)26-22)15-4-6-16(23)7-5-15/h2-9,18H,10,12-13H2,1H3,(H,25,28)(H,26,27)/t18-/m1/s1. The molecule has 1 aliphatic rings. The lowest BCUT2D eigenvalue weighted by molar-refractivity contribution is -0.121. The number of nitriles is 1. The van der Waals surface area contributed by atoms with Gasteiger partial charge in [-0.15, -0.1) is 0 Å². The molecule has 0 spiro atoms. The quantitative estimate of drug-likeness (QED) is 0.683. The summed E-state index contributed by atoms with van der Waals surface area (Å²) in [5.74, 6) is 0.105. The van der Waals surface area contributed by atoms with Gasteiger partial charge in [0.2, 0.25) is 11.8 Å². The van der Waals surface area contributed by atoms with Crippen molar-refractivity contribution in [3.8, 4) is 11.8 Å². The highest BCUT2D eigenvalue weighted by molar-refractivity contribution is 8.03. The number of nitrogens with zero attached hydrogens (tertiary/aromatic N) is 1. The van der Waals surface area contributed by atoms with Crippen molar-refractivity contribution in [3.63, 3.8) is 0 Å². The number of carbonyl (C=O) groups is 2. The summed E-state index contributed by atoms with van der Waals surface area (Å²) in [5.41, 5.74) is 2.23. The van der Waals surface area contributed by atoms with Crippen LogP contribution >= 0.6 is 23.4 Å². The summed E-state index contributed by atoms with van der Waals surface area (Å²) in [4.78, 5) is 24.4. The Balaban J connectivity index is 1.64. The van der Waals surface area contributed by atoms with Gasteiger partial charge in [0.1, 0.15) is 5.75 Å². The van der Waals surface area contributed by atoms with Gasteiger partial charge in [-0.3, -0.25) is 9.59 Å². The molecule has 8 heteroatoms. The predicted octanol–water partition coefficient (Wildman–Crippen LogP) is 3.74. The van der Waals surface area contributed by atoms with Crippen molar-refractivity contribution < 1.29 is 14.3 Å². The highest BCUT2D eigenvalue weighted by Gasteiger charge is 2.29. The molecule has 154 valence electrons. The molecule has 1 atom stereocenters. The Kier molecular flexibility index (Phi) is 7.39. The molecule has 0 saturated heterocycles. The van der Waals surface area contributed by atoms with Crippen molar-refractivity contribution in [1.29, 1.82) is 5.26 Å². The lowest BCUT2D eigenvalue weighted by Gasteiger charge is -2.25. The maximum Gasteiger partial charge on any atom is 0.230 e. The maximum atomic E-state index is 12.3. The van der Waals surface area contributed by atoms with E-state index in [1.807, 2.05) is 36.4 Å². The average molecular weight is 442 g/mol. The van der Waals surface area contributed by atoms with Gasteiger partial charge in [-0.2, -0.15) is 5.26 Å². The first kappa shape index (κ1) is 21.8. The Morgan fingerprint density at radius 3 is 2.60 bits per heavy atom. The number of benzene rings is 2. The minimum atomic E-state index is -0.356. The van der Waals surface area contributed by atoms with Gasteiger partial charge in [0.05, 0.1) is 29.5 Å². The zero-order valence-electron chi connectivity index (χ0n) is 16.3. The van der Waals surface area contributed by atoms with Crippen molar-refractivity contribution in [2.45, 2.75) is 18.9 Å². The third-order valence-corrected chi connectivity index (χ3v) is 5.89. The number of methoxy groups -OCH3 is 1. The Hall–Kier alpha value is -2.95. The minimum absolute atomic E-state index is 0.0876. The van der Waals surface area contributed by atoms with Crippen molar-refractivity contribution >= 4 is 35.2 Å². The second-order valence-electron chi connectivity index (χ2n) is 6.62. The molecule has 1 heterocycles. The molecule has 2 N–H and O–H groups in total. The molecule has 0 aliphatic carbocycles. The van der Waals surface area contributed by atoms with E-state index in [2.05, 4.69) is 16.7 Å². The molecular weight excluding hydrogens is 422 g/mol. The van der Waals surface area contributed by atoms with Crippen LogP contribution in [0.5, 0.6) is 5.75 Å². The van der Waals surface area contributed by atoms with E-state index in [4.69, 9.17) is 16.3 Å². The summed E-state index contributed by atoms with van der Waals surface area (Å²) in [6.45, 7) is 0.382. The van der Waals surface area contributed by atoms with Gasteiger partial charge in [0.25, 0.3) is 0 Å². The van der Waals surface area contributed by atoms with Gasteiger partial charge in [-0.25, -0.2) is 0 Å². The molecule has 0 fully saturated rings. The van der Waals surface area contributed by atoms with E-state index in [-0.39, 0.29) is 29.9 Å². The fourth-order valence-corrected chi connectivity index (χ4v) is 4.08. The molecule has 2 aromatic carbocycles. The number of allylic oxidation sites excluding steroid dienone is 1. The van der Waals surface area contributed by atoms with Crippen LogP contribution in [0.4, 0.5) is 0 Å². The van der Waals surface area contributed by atoms with Gasteiger partial charge in [-0.05, 0) is 35.4 Å². The van der Waals surface area contributed by atoms with E-state index in [0.29, 0.717) is 22.2 Å². The normalized spacial score (nSPS) is 15.9. The fraction of sp³-hybridized carbons (Fsp3) is 0.227. The summed E-state index contributed by atoms with van der Waals surface area (Å²) in [7, 11) is 1.60. The molecule has 0 saturated carbocycles. The Labute approximate surface area is 184 Å². The number of nitrogens with one attached hydrogen (secondary N) is 2. The lowest BCUT2D eigenvalue weighted by Crippen LogP contribution is -2.32. The first-order valence-electron chi connectivity index (χ1n) is 9.22. The number of hydrogen-bond donors (Lipinski definition) is 2. The third kappa shape index (κ3) is 5.56. The van der Waals surface area contributed by atoms with Crippen LogP contribution < -0.4 is 15.4 Å². The number of carbonyl (C=O) groups excluding carboxylic acids is 2. The first-order valence-corrected chi connectivity index (χ1v) is 10.6. The molecule has 30 heavy (non-hydrogen) atoms. The van der Waals surface area contributed by atoms with Crippen LogP contribution in [-0.2, 0) is 16.1 Å². The highest BCUT2D eigenvalue weighted by Crippen LogP contribution is 2.36. The second kappa shape index (κ2) is 10.2. The average Bonchev–Trinajstić information content (AvgIpc) is 2.76. The number of halogens is 1. The summed E-state index contributed by atoms with van der Waals surface area (Å²) in [5, 5.41) is 16.3. The summed E-state index contributed by atoms with van der Waals surface area (Å²) in [6.07, 6.45) is 0.179. The smallest absolute Gasteiger partial charge is 0.230 e. The Morgan fingerprint density at radius 2 is 1.97 bits per heavy atom. The van der Waals surface area contributed by atoms with Crippen LogP contribution in [0.25, 0.3) is 0 Å². The van der Waals surface area contributed by atoms with Crippen LogP contribution in [-0.4, -0.2) is 24.7 Å². The molecule has 2 amide bonds. The van der Waals surface area contributed by atoms with Gasteiger partial charge in [0, 0.05) is 23.9 Å². The van der Waals surface area contributed by atoms with Crippen LogP contribution in [0.1, 0.15) is 23.5 Å². The predicted molar refractivity (Wildman–Crippen MR) is 117 cm³/mol. The fourth-order valence-electron chi connectivity index (χ4n) is 3.05. The van der Waals surface area contributed by atoms with E-state index in [9.17, 15) is 14.9 Å². The molecule has 0 aromatic heterocycles. The van der Waals surface area contributed by atoms with E-state index in [1.165, 1.54) is 0 Å². The van der Waals surface area contributed by atoms with Gasteiger partial charge in [-0.1, -0.05) is 47.6 Å². The molecule has 1 aliphatic heterocycles. The highest BCUT2D eigenvalue weighted by atomic mass is 35.5. The molecule has 2 aromatic rings. The SMILES string of the molecule is COc1ccc(CNC(=O)CSC2=C(C#N)[C@@H](c3ccc(Cl)cc3)CC(=O)N2)cc1. The maximum absolute atomic E-state index is 12.3. The monoisotopic (exact) mass is 441 g/mol. The van der Waals surface area contributed by atoms with Crippen molar-refractivity contribution in [3.05, 3.63) is 75.3 Å². The minimum Gasteiger partial charge on any atom is -0.497 e. The summed E-state index contributed by atoms with van der Waals surface area (Å²) >= 11 is 7.09. The number of thioether (sulfide) groups is 1. The van der Waals surface area contributed by atoms with Gasteiger partial charge >= 0.3 is 0 Å². The Bertz CT molecular complexity index is 998. The topological polar surface area (TPSA) is 91.2 Å². The molecule has 3 rings (SSSR count). The van der Waals surface area contributed by atoms with Crippen LogP contribution in [0.15, 0.2) is 59.1 Å². The van der Waals surface area contributed by atoms with E-state index in [1.54, 1.807) is 19.2 Å². The molecule has 0 unspecified atom stereocenters. The Morgan fingerprint density at radius 1 is 1.27 bits per heavy atom. The molecule has 0 radical (unpaired) electrons. The summed E-state index contributed by atoms with van der Waals surface area (Å²) < 4.78 is 5.11. The lowest BCUT2D eigenvalue weighted by atomic mass is 9.87. The van der Waals surface area contributed by atoms with Gasteiger partial charge < -0.3 is 15.4 Å². The second-order valence-corrected chi connectivity index (χ2v) is 8.05. The summed E-state index contributed by atoms with van der Waals surface area (Å²) in [6, 6.07) is 16.7. The van der Waals surface area contributed by atoms with Crippen molar-refractivity contribution in [2.75, 3.05) is 12.9 Å². The number of hydrogen-bond acceptors (Lipinski definition) is 5. The van der Waals surface area contributed by atoms with Crippen LogP contribution in [0.2, 0.25) is 5.02 Å². The van der Waals surface area contributed by atoms with Crippen LogP contribution in [0.3, 0.4) is 0 Å². The van der Waals surface area contributed by atoms with E-state index >= 15 is 0 Å². The van der Waals surface area contributed by atoms with Crippen molar-refractivity contribution in [2.24, 2.45) is 0 Å². The first-order chi connectivity index (χ1) is 14.5. The zero-order chi connectivity index (χ0) is 21.5.